The lowest BCUT2D eigenvalue weighted by atomic mass is 9.99. The summed E-state index contributed by atoms with van der Waals surface area (Å²) in [6, 6.07) is 16.2. The van der Waals surface area contributed by atoms with Crippen molar-refractivity contribution >= 4 is 16.8 Å². The van der Waals surface area contributed by atoms with Crippen LogP contribution in [0.4, 0.5) is 4.39 Å². The summed E-state index contributed by atoms with van der Waals surface area (Å²) in [6.07, 6.45) is 2.01. The van der Waals surface area contributed by atoms with Gasteiger partial charge in [-0.25, -0.2) is 4.39 Å². The molecule has 2 N–H and O–H groups in total. The van der Waals surface area contributed by atoms with Crippen LogP contribution in [0.5, 0.6) is 0 Å². The summed E-state index contributed by atoms with van der Waals surface area (Å²) in [4.78, 5) is 30.7. The third kappa shape index (κ3) is 3.85. The Hall–Kier alpha value is -3.71. The monoisotopic (exact) mass is 444 g/mol. The lowest BCUT2D eigenvalue weighted by molar-refractivity contribution is 0.0736. The van der Waals surface area contributed by atoms with E-state index in [4.69, 9.17) is 0 Å². The highest BCUT2D eigenvalue weighted by Gasteiger charge is 2.28. The van der Waals surface area contributed by atoms with E-state index < -0.39 is 0 Å². The number of halogens is 1. The summed E-state index contributed by atoms with van der Waals surface area (Å²) < 4.78 is 16.4. The number of carbonyl (C=O) groups excluding carboxylic acids is 1. The number of fused-ring (bicyclic) bond motifs is 1. The number of benzene rings is 2. The molecule has 0 spiro atoms. The lowest BCUT2D eigenvalue weighted by Crippen LogP contribution is -2.46. The number of nitrogens with zero attached hydrogens (tertiary/aromatic N) is 2. The zero-order chi connectivity index (χ0) is 22.9. The van der Waals surface area contributed by atoms with Crippen molar-refractivity contribution < 1.29 is 9.18 Å². The Morgan fingerprint density at radius 3 is 2.58 bits per heavy atom. The van der Waals surface area contributed by atoms with Crippen LogP contribution in [0, 0.1) is 12.7 Å². The van der Waals surface area contributed by atoms with Crippen molar-refractivity contribution in [3.8, 4) is 5.69 Å². The van der Waals surface area contributed by atoms with E-state index >= 15 is 0 Å². The molecule has 1 saturated heterocycles. The molecule has 0 unspecified atom stereocenters. The molecule has 6 nitrogen and oxygen atoms in total. The number of aromatic nitrogens is 2. The molecular weight excluding hydrogens is 419 g/mol. The van der Waals surface area contributed by atoms with E-state index in [0.717, 1.165) is 35.6 Å². The Bertz CT molecular complexity index is 1380. The SMILES string of the molecule is Cc1c(F)cccc1Cc1c(C(=O)N2CCNCC2)c2cc(=O)[nH]cc2n1-c1ccccc1. The summed E-state index contributed by atoms with van der Waals surface area (Å²) in [5.41, 5.74) is 3.95. The number of hydrogen-bond donors (Lipinski definition) is 2. The molecule has 1 aliphatic rings. The van der Waals surface area contributed by atoms with Crippen LogP contribution in [0.15, 0.2) is 65.6 Å². The van der Waals surface area contributed by atoms with Gasteiger partial charge in [-0.2, -0.15) is 0 Å². The molecule has 33 heavy (non-hydrogen) atoms. The van der Waals surface area contributed by atoms with E-state index in [2.05, 4.69) is 10.3 Å². The van der Waals surface area contributed by atoms with Gasteiger partial charge in [0, 0.05) is 61.6 Å². The van der Waals surface area contributed by atoms with E-state index in [-0.39, 0.29) is 17.3 Å². The molecule has 3 heterocycles. The Morgan fingerprint density at radius 2 is 1.82 bits per heavy atom. The van der Waals surface area contributed by atoms with Gasteiger partial charge in [0.05, 0.1) is 11.1 Å². The standard InChI is InChI=1S/C26H25FN4O2/c1-17-18(6-5-9-21(17)27)14-22-25(26(33)30-12-10-28-11-13-30)20-15-24(32)29-16-23(20)31(22)19-7-3-2-4-8-19/h2-9,15-16,28H,10-14H2,1H3,(H,29,32). The smallest absolute Gasteiger partial charge is 0.256 e. The average molecular weight is 445 g/mol. The molecule has 0 atom stereocenters. The van der Waals surface area contributed by atoms with Crippen LogP contribution in [0.3, 0.4) is 0 Å². The normalized spacial score (nSPS) is 14.1. The van der Waals surface area contributed by atoms with Gasteiger partial charge in [-0.05, 0) is 36.2 Å². The van der Waals surface area contributed by atoms with E-state index in [1.807, 2.05) is 45.9 Å². The molecule has 2 aromatic carbocycles. The third-order valence-electron chi connectivity index (χ3n) is 6.34. The fourth-order valence-corrected chi connectivity index (χ4v) is 4.59. The summed E-state index contributed by atoms with van der Waals surface area (Å²) >= 11 is 0. The highest BCUT2D eigenvalue weighted by Crippen LogP contribution is 2.32. The van der Waals surface area contributed by atoms with E-state index in [9.17, 15) is 14.0 Å². The van der Waals surface area contributed by atoms with Gasteiger partial charge in [0.25, 0.3) is 5.91 Å². The van der Waals surface area contributed by atoms with Crippen LogP contribution < -0.4 is 10.9 Å². The number of para-hydroxylation sites is 1. The highest BCUT2D eigenvalue weighted by atomic mass is 19.1. The molecule has 2 aromatic heterocycles. The summed E-state index contributed by atoms with van der Waals surface area (Å²) in [5, 5.41) is 3.88. The average Bonchev–Trinajstić information content (AvgIpc) is 3.15. The molecule has 0 radical (unpaired) electrons. The first kappa shape index (κ1) is 21.2. The van der Waals surface area contributed by atoms with Gasteiger partial charge in [0.1, 0.15) is 5.82 Å². The van der Waals surface area contributed by atoms with E-state index in [1.54, 1.807) is 19.2 Å². The molecule has 4 aromatic rings. The van der Waals surface area contributed by atoms with E-state index in [0.29, 0.717) is 36.0 Å². The van der Waals surface area contributed by atoms with Crippen molar-refractivity contribution in [1.82, 2.24) is 19.8 Å². The van der Waals surface area contributed by atoms with Gasteiger partial charge in [0.2, 0.25) is 5.56 Å². The minimum Gasteiger partial charge on any atom is -0.336 e. The topological polar surface area (TPSA) is 70.1 Å². The molecule has 0 saturated carbocycles. The number of piperazine rings is 1. The van der Waals surface area contributed by atoms with Gasteiger partial charge in [-0.1, -0.05) is 30.3 Å². The van der Waals surface area contributed by atoms with Crippen LogP contribution in [-0.2, 0) is 6.42 Å². The zero-order valence-corrected chi connectivity index (χ0v) is 18.4. The van der Waals surface area contributed by atoms with Crippen LogP contribution in [0.1, 0.15) is 27.2 Å². The lowest BCUT2D eigenvalue weighted by Gasteiger charge is -2.28. The largest absolute Gasteiger partial charge is 0.336 e. The Labute approximate surface area is 190 Å². The minimum atomic E-state index is -0.278. The van der Waals surface area contributed by atoms with Gasteiger partial charge >= 0.3 is 0 Å². The van der Waals surface area contributed by atoms with Crippen molar-refractivity contribution in [2.45, 2.75) is 13.3 Å². The van der Waals surface area contributed by atoms with Gasteiger partial charge in [-0.3, -0.25) is 9.59 Å². The van der Waals surface area contributed by atoms with Crippen LogP contribution in [-0.4, -0.2) is 46.5 Å². The molecule has 1 fully saturated rings. The predicted octanol–water partition coefficient (Wildman–Crippen LogP) is 3.40. The molecule has 1 amide bonds. The number of pyridine rings is 1. The highest BCUT2D eigenvalue weighted by molar-refractivity contribution is 6.09. The Balaban J connectivity index is 1.80. The second-order valence-corrected chi connectivity index (χ2v) is 8.33. The maximum atomic E-state index is 14.4. The molecular formula is C26H25FN4O2. The van der Waals surface area contributed by atoms with Crippen molar-refractivity contribution in [1.29, 1.82) is 0 Å². The Kier molecular flexibility index (Phi) is 5.56. The number of H-pyrrole nitrogens is 1. The fourth-order valence-electron chi connectivity index (χ4n) is 4.59. The molecule has 0 bridgehead atoms. The van der Waals surface area contributed by atoms with Crippen molar-refractivity contribution in [3.63, 3.8) is 0 Å². The third-order valence-corrected chi connectivity index (χ3v) is 6.34. The number of hydrogen-bond acceptors (Lipinski definition) is 3. The summed E-state index contributed by atoms with van der Waals surface area (Å²) in [6.45, 7) is 4.39. The van der Waals surface area contributed by atoms with Crippen LogP contribution in [0.25, 0.3) is 16.6 Å². The number of nitrogens with one attached hydrogen (secondary N) is 2. The molecule has 5 rings (SSSR count). The van der Waals surface area contributed by atoms with Gasteiger partial charge < -0.3 is 19.8 Å². The number of amides is 1. The molecule has 7 heteroatoms. The summed E-state index contributed by atoms with van der Waals surface area (Å²) in [7, 11) is 0. The van der Waals surface area contributed by atoms with Crippen molar-refractivity contribution in [3.05, 3.63) is 99.3 Å². The first-order valence-electron chi connectivity index (χ1n) is 11.1. The van der Waals surface area contributed by atoms with Gasteiger partial charge in [0.15, 0.2) is 0 Å². The molecule has 168 valence electrons. The maximum Gasteiger partial charge on any atom is 0.256 e. The molecule has 0 aliphatic carbocycles. The van der Waals surface area contributed by atoms with Crippen LogP contribution in [0.2, 0.25) is 0 Å². The summed E-state index contributed by atoms with van der Waals surface area (Å²) in [5.74, 6) is -0.383. The first-order chi connectivity index (χ1) is 16.0. The zero-order valence-electron chi connectivity index (χ0n) is 18.4. The first-order valence-corrected chi connectivity index (χ1v) is 11.1. The quantitative estimate of drug-likeness (QED) is 0.507. The van der Waals surface area contributed by atoms with Gasteiger partial charge in [-0.15, -0.1) is 0 Å². The second-order valence-electron chi connectivity index (χ2n) is 8.33. The fraction of sp³-hybridized carbons (Fsp3) is 0.231. The Morgan fingerprint density at radius 1 is 1.06 bits per heavy atom. The van der Waals surface area contributed by atoms with Crippen molar-refractivity contribution in [2.24, 2.45) is 0 Å². The predicted molar refractivity (Wildman–Crippen MR) is 127 cm³/mol. The number of aromatic amines is 1. The van der Waals surface area contributed by atoms with Crippen molar-refractivity contribution in [2.75, 3.05) is 26.2 Å². The molecule has 1 aliphatic heterocycles. The number of carbonyl (C=O) groups is 1. The second kappa shape index (κ2) is 8.67. The minimum absolute atomic E-state index is 0.106. The van der Waals surface area contributed by atoms with Crippen LogP contribution >= 0.6 is 0 Å². The van der Waals surface area contributed by atoms with E-state index in [1.165, 1.54) is 12.1 Å². The number of rotatable bonds is 4. The maximum absolute atomic E-state index is 14.4.